The van der Waals surface area contributed by atoms with Crippen LogP contribution in [-0.4, -0.2) is 32.6 Å². The number of H-pyrrole nitrogens is 1. The number of carbonyl (C=O) groups excluding carboxylic acids is 1. The number of aromatic nitrogens is 4. The number of fused-ring (bicyclic) bond motifs is 2. The van der Waals surface area contributed by atoms with Crippen LogP contribution in [0.2, 0.25) is 0 Å². The van der Waals surface area contributed by atoms with Crippen LogP contribution in [0.1, 0.15) is 39.2 Å². The van der Waals surface area contributed by atoms with E-state index in [0.29, 0.717) is 18.5 Å². The van der Waals surface area contributed by atoms with Crippen LogP contribution in [0.15, 0.2) is 42.6 Å². The van der Waals surface area contributed by atoms with Gasteiger partial charge in [0.25, 0.3) is 5.91 Å². The number of hydrogen-bond donors (Lipinski definition) is 3. The fourth-order valence-electron chi connectivity index (χ4n) is 4.38. The van der Waals surface area contributed by atoms with E-state index in [1.165, 1.54) is 6.07 Å². The Morgan fingerprint density at radius 1 is 1.17 bits per heavy atom. The Labute approximate surface area is 202 Å². The van der Waals surface area contributed by atoms with Gasteiger partial charge in [-0.1, -0.05) is 12.1 Å². The quantitative estimate of drug-likeness (QED) is 0.355. The third-order valence-corrected chi connectivity index (χ3v) is 6.15. The summed E-state index contributed by atoms with van der Waals surface area (Å²) in [6.07, 6.45) is -1.37. The standard InChI is InChI=1S/C24H21F4N7O/c25-18-8-2-7-17(24(26,27)28)16(18)11-30-22-15-6-1-5-14(21(29)36)20(15)32-23(33-22)35-9-3-4-13-10-31-34-19(13)12-35/h1-2,5-8,10H,3-4,9,11-12H2,(H2,29,36)(H,31,34)(H,30,32,33). The maximum atomic E-state index is 14.4. The topological polar surface area (TPSA) is 113 Å². The molecule has 1 aliphatic rings. The smallest absolute Gasteiger partial charge is 0.366 e. The predicted molar refractivity (Wildman–Crippen MR) is 125 cm³/mol. The molecule has 1 aliphatic heterocycles. The minimum absolute atomic E-state index is 0.137. The summed E-state index contributed by atoms with van der Waals surface area (Å²) < 4.78 is 54.9. The lowest BCUT2D eigenvalue weighted by molar-refractivity contribution is -0.138. The number of aromatic amines is 1. The fourth-order valence-corrected chi connectivity index (χ4v) is 4.38. The fraction of sp³-hybridized carbons (Fsp3) is 0.250. The lowest BCUT2D eigenvalue weighted by atomic mass is 10.1. The number of anilines is 2. The number of nitrogens with one attached hydrogen (secondary N) is 2. The van der Waals surface area contributed by atoms with Crippen molar-refractivity contribution in [2.75, 3.05) is 16.8 Å². The molecule has 0 spiro atoms. The maximum absolute atomic E-state index is 14.4. The predicted octanol–water partition coefficient (Wildman–Crippen LogP) is 4.17. The average Bonchev–Trinajstić information content (AvgIpc) is 3.18. The molecule has 0 aliphatic carbocycles. The second-order valence-corrected chi connectivity index (χ2v) is 8.45. The van der Waals surface area contributed by atoms with Gasteiger partial charge in [0.2, 0.25) is 5.95 Å². The maximum Gasteiger partial charge on any atom is 0.416 e. The van der Waals surface area contributed by atoms with Crippen molar-refractivity contribution in [3.05, 3.63) is 76.4 Å². The van der Waals surface area contributed by atoms with Crippen molar-refractivity contribution in [3.8, 4) is 0 Å². The number of alkyl halides is 3. The molecule has 8 nitrogen and oxygen atoms in total. The van der Waals surface area contributed by atoms with E-state index in [1.54, 1.807) is 18.3 Å². The van der Waals surface area contributed by atoms with Crippen LogP contribution in [0.3, 0.4) is 0 Å². The van der Waals surface area contributed by atoms with E-state index >= 15 is 0 Å². The van der Waals surface area contributed by atoms with E-state index in [2.05, 4.69) is 25.5 Å². The van der Waals surface area contributed by atoms with Crippen LogP contribution in [0, 0.1) is 5.82 Å². The highest BCUT2D eigenvalue weighted by atomic mass is 19.4. The second-order valence-electron chi connectivity index (χ2n) is 8.45. The van der Waals surface area contributed by atoms with Gasteiger partial charge in [0, 0.05) is 24.0 Å². The van der Waals surface area contributed by atoms with Crippen LogP contribution in [-0.2, 0) is 25.7 Å². The van der Waals surface area contributed by atoms with Crippen molar-refractivity contribution in [2.24, 2.45) is 5.73 Å². The number of para-hydroxylation sites is 1. The van der Waals surface area contributed by atoms with Crippen LogP contribution < -0.4 is 16.0 Å². The van der Waals surface area contributed by atoms with E-state index in [9.17, 15) is 22.4 Å². The molecule has 0 radical (unpaired) electrons. The van der Waals surface area contributed by atoms with Gasteiger partial charge in [-0.05, 0) is 42.7 Å². The van der Waals surface area contributed by atoms with Crippen molar-refractivity contribution < 1.29 is 22.4 Å². The molecular formula is C24H21F4N7O. The number of rotatable bonds is 5. The van der Waals surface area contributed by atoms with Crippen LogP contribution in [0.25, 0.3) is 10.9 Å². The molecule has 0 unspecified atom stereocenters. The van der Waals surface area contributed by atoms with Gasteiger partial charge in [-0.15, -0.1) is 0 Å². The summed E-state index contributed by atoms with van der Waals surface area (Å²) in [5.41, 5.74) is 6.30. The van der Waals surface area contributed by atoms with Gasteiger partial charge < -0.3 is 16.0 Å². The summed E-state index contributed by atoms with van der Waals surface area (Å²) in [4.78, 5) is 23.2. The van der Waals surface area contributed by atoms with Crippen LogP contribution in [0.4, 0.5) is 29.3 Å². The van der Waals surface area contributed by atoms with E-state index < -0.39 is 35.6 Å². The van der Waals surface area contributed by atoms with E-state index in [-0.39, 0.29) is 22.8 Å². The largest absolute Gasteiger partial charge is 0.416 e. The molecule has 12 heteroatoms. The first kappa shape index (κ1) is 23.5. The number of benzene rings is 2. The highest BCUT2D eigenvalue weighted by molar-refractivity contribution is 6.07. The summed E-state index contributed by atoms with van der Waals surface area (Å²) in [6.45, 7) is 0.529. The number of primary amides is 1. The SMILES string of the molecule is NC(=O)c1cccc2c(NCc3c(F)cccc3C(F)(F)F)nc(N3CCCc4cn[nH]c4C3)nc12. The van der Waals surface area contributed by atoms with E-state index in [1.807, 2.05) is 4.90 Å². The van der Waals surface area contributed by atoms with E-state index in [0.717, 1.165) is 42.3 Å². The zero-order valence-corrected chi connectivity index (χ0v) is 18.9. The number of carbonyl (C=O) groups is 1. The molecule has 0 saturated carbocycles. The summed E-state index contributed by atoms with van der Waals surface area (Å²) in [7, 11) is 0. The Morgan fingerprint density at radius 2 is 1.97 bits per heavy atom. The van der Waals surface area contributed by atoms with Gasteiger partial charge >= 0.3 is 6.18 Å². The van der Waals surface area contributed by atoms with Gasteiger partial charge in [0.05, 0.1) is 35.1 Å². The number of nitrogens with two attached hydrogens (primary N) is 1. The van der Waals surface area contributed by atoms with Crippen molar-refractivity contribution in [3.63, 3.8) is 0 Å². The first-order valence-electron chi connectivity index (χ1n) is 11.2. The number of amides is 1. The Morgan fingerprint density at radius 3 is 2.75 bits per heavy atom. The second kappa shape index (κ2) is 9.10. The summed E-state index contributed by atoms with van der Waals surface area (Å²) >= 11 is 0. The zero-order chi connectivity index (χ0) is 25.4. The molecule has 3 heterocycles. The lowest BCUT2D eigenvalue weighted by Crippen LogP contribution is -2.26. The number of halogens is 4. The highest BCUT2D eigenvalue weighted by Crippen LogP contribution is 2.34. The van der Waals surface area contributed by atoms with Crippen LogP contribution in [0.5, 0.6) is 0 Å². The normalized spacial score (nSPS) is 13.9. The Hall–Kier alpha value is -4.22. The molecule has 186 valence electrons. The van der Waals surface area contributed by atoms with Crippen molar-refractivity contribution in [1.29, 1.82) is 0 Å². The molecule has 2 aromatic heterocycles. The third-order valence-electron chi connectivity index (χ3n) is 6.15. The molecule has 0 saturated heterocycles. The van der Waals surface area contributed by atoms with E-state index in [4.69, 9.17) is 5.73 Å². The van der Waals surface area contributed by atoms with Crippen molar-refractivity contribution in [2.45, 2.75) is 32.1 Å². The van der Waals surface area contributed by atoms with Gasteiger partial charge in [-0.25, -0.2) is 9.37 Å². The van der Waals surface area contributed by atoms with Gasteiger partial charge in [0.1, 0.15) is 11.6 Å². The third kappa shape index (κ3) is 4.41. The molecule has 4 aromatic rings. The van der Waals surface area contributed by atoms with Crippen molar-refractivity contribution >= 4 is 28.6 Å². The highest BCUT2D eigenvalue weighted by Gasteiger charge is 2.34. The van der Waals surface area contributed by atoms with Crippen molar-refractivity contribution in [1.82, 2.24) is 20.2 Å². The Kier molecular flexibility index (Phi) is 5.94. The summed E-state index contributed by atoms with van der Waals surface area (Å²) in [6, 6.07) is 7.52. The molecule has 0 fully saturated rings. The number of nitrogens with zero attached hydrogens (tertiary/aromatic N) is 4. The van der Waals surface area contributed by atoms with Crippen LogP contribution >= 0.6 is 0 Å². The average molecular weight is 499 g/mol. The molecule has 4 N–H and O–H groups in total. The molecule has 0 atom stereocenters. The molecule has 1 amide bonds. The van der Waals surface area contributed by atoms with Gasteiger partial charge in [0.15, 0.2) is 0 Å². The molecular weight excluding hydrogens is 478 g/mol. The molecule has 0 bridgehead atoms. The molecule has 5 rings (SSSR count). The van der Waals surface area contributed by atoms with Gasteiger partial charge in [-0.3, -0.25) is 9.89 Å². The summed E-state index contributed by atoms with van der Waals surface area (Å²) in [5, 5.41) is 10.3. The minimum Gasteiger partial charge on any atom is -0.366 e. The number of aryl methyl sites for hydroxylation is 1. The lowest BCUT2D eigenvalue weighted by Gasteiger charge is -2.22. The first-order valence-corrected chi connectivity index (χ1v) is 11.2. The Bertz CT molecular complexity index is 1450. The molecule has 36 heavy (non-hydrogen) atoms. The first-order chi connectivity index (χ1) is 17.2. The number of hydrogen-bond acceptors (Lipinski definition) is 6. The minimum atomic E-state index is -4.73. The Balaban J connectivity index is 1.59. The van der Waals surface area contributed by atoms with Gasteiger partial charge in [-0.2, -0.15) is 23.3 Å². The molecule has 2 aromatic carbocycles. The summed E-state index contributed by atoms with van der Waals surface area (Å²) in [5.74, 6) is -1.29. The zero-order valence-electron chi connectivity index (χ0n) is 18.9. The monoisotopic (exact) mass is 499 g/mol.